The highest BCUT2D eigenvalue weighted by Crippen LogP contribution is 2.14. The first kappa shape index (κ1) is 12.9. The molecule has 0 radical (unpaired) electrons. The lowest BCUT2D eigenvalue weighted by Gasteiger charge is -2.06. The van der Waals surface area contributed by atoms with Crippen LogP contribution in [0.15, 0.2) is 30.4 Å². The van der Waals surface area contributed by atoms with Crippen LogP contribution in [0, 0.1) is 12.7 Å². The standard InChI is InChI=1S/C12H12FNO3/c1-7-3-4-9(6-10(7)13)14-11(15)5-8(2)12(16)17/h3-4,6H,2,5H2,1H3,(H,14,15)(H,16,17). The maximum absolute atomic E-state index is 13.2. The Bertz CT molecular complexity index is 483. The fraction of sp³-hybridized carbons (Fsp3) is 0.167. The second kappa shape index (κ2) is 5.25. The summed E-state index contributed by atoms with van der Waals surface area (Å²) in [6.45, 7) is 4.84. The van der Waals surface area contributed by atoms with Gasteiger partial charge in [-0.05, 0) is 24.6 Å². The number of amides is 1. The molecule has 90 valence electrons. The van der Waals surface area contributed by atoms with Crippen LogP contribution in [-0.2, 0) is 9.59 Å². The molecule has 0 fully saturated rings. The number of carboxylic acid groups (broad SMARTS) is 1. The first-order chi connectivity index (χ1) is 7.90. The summed E-state index contributed by atoms with van der Waals surface area (Å²) >= 11 is 0. The van der Waals surface area contributed by atoms with E-state index in [4.69, 9.17) is 5.11 Å². The maximum Gasteiger partial charge on any atom is 0.331 e. The molecule has 1 aromatic carbocycles. The highest BCUT2D eigenvalue weighted by Gasteiger charge is 2.10. The number of nitrogens with one attached hydrogen (secondary N) is 1. The average molecular weight is 237 g/mol. The number of rotatable bonds is 4. The van der Waals surface area contributed by atoms with E-state index in [2.05, 4.69) is 11.9 Å². The number of aliphatic carboxylic acids is 1. The van der Waals surface area contributed by atoms with Crippen LogP contribution in [0.3, 0.4) is 0 Å². The molecule has 0 heterocycles. The SMILES string of the molecule is C=C(CC(=O)Nc1ccc(C)c(F)c1)C(=O)O. The summed E-state index contributed by atoms with van der Waals surface area (Å²) in [7, 11) is 0. The van der Waals surface area contributed by atoms with Crippen molar-refractivity contribution in [2.75, 3.05) is 5.32 Å². The van der Waals surface area contributed by atoms with Crippen LogP contribution in [0.5, 0.6) is 0 Å². The largest absolute Gasteiger partial charge is 0.478 e. The van der Waals surface area contributed by atoms with Crippen LogP contribution in [0.25, 0.3) is 0 Å². The van der Waals surface area contributed by atoms with Gasteiger partial charge in [0.1, 0.15) is 5.82 Å². The first-order valence-corrected chi connectivity index (χ1v) is 4.87. The van der Waals surface area contributed by atoms with Crippen molar-refractivity contribution in [3.63, 3.8) is 0 Å². The highest BCUT2D eigenvalue weighted by atomic mass is 19.1. The van der Waals surface area contributed by atoms with E-state index in [1.54, 1.807) is 13.0 Å². The molecule has 0 aliphatic carbocycles. The van der Waals surface area contributed by atoms with Crippen LogP contribution in [0.2, 0.25) is 0 Å². The molecule has 0 aromatic heterocycles. The molecule has 1 amide bonds. The summed E-state index contributed by atoms with van der Waals surface area (Å²) in [5, 5.41) is 10.9. The normalized spacial score (nSPS) is 9.76. The predicted octanol–water partition coefficient (Wildman–Crippen LogP) is 2.10. The number of aryl methyl sites for hydroxylation is 1. The Morgan fingerprint density at radius 1 is 1.47 bits per heavy atom. The molecule has 0 spiro atoms. The van der Waals surface area contributed by atoms with Gasteiger partial charge >= 0.3 is 5.97 Å². The van der Waals surface area contributed by atoms with Gasteiger partial charge in [-0.3, -0.25) is 4.79 Å². The van der Waals surface area contributed by atoms with Crippen molar-refractivity contribution in [2.45, 2.75) is 13.3 Å². The molecule has 0 aliphatic rings. The molecular weight excluding hydrogens is 225 g/mol. The monoisotopic (exact) mass is 237 g/mol. The fourth-order valence-corrected chi connectivity index (χ4v) is 1.15. The molecule has 0 unspecified atom stereocenters. The maximum atomic E-state index is 13.2. The van der Waals surface area contributed by atoms with Crippen LogP contribution >= 0.6 is 0 Å². The molecule has 2 N–H and O–H groups in total. The van der Waals surface area contributed by atoms with E-state index in [1.165, 1.54) is 12.1 Å². The molecule has 5 heteroatoms. The van der Waals surface area contributed by atoms with Gasteiger partial charge in [0.25, 0.3) is 0 Å². The van der Waals surface area contributed by atoms with Crippen molar-refractivity contribution in [1.29, 1.82) is 0 Å². The molecule has 4 nitrogen and oxygen atoms in total. The number of carboxylic acids is 1. The third-order valence-corrected chi connectivity index (χ3v) is 2.13. The molecule has 0 bridgehead atoms. The topological polar surface area (TPSA) is 66.4 Å². The van der Waals surface area contributed by atoms with Gasteiger partial charge in [0.05, 0.1) is 6.42 Å². The van der Waals surface area contributed by atoms with Gasteiger partial charge < -0.3 is 10.4 Å². The van der Waals surface area contributed by atoms with Gasteiger partial charge in [-0.15, -0.1) is 0 Å². The van der Waals surface area contributed by atoms with Crippen molar-refractivity contribution in [3.8, 4) is 0 Å². The van der Waals surface area contributed by atoms with E-state index in [0.717, 1.165) is 0 Å². The van der Waals surface area contributed by atoms with E-state index in [-0.39, 0.29) is 17.7 Å². The third kappa shape index (κ3) is 3.71. The lowest BCUT2D eigenvalue weighted by atomic mass is 10.2. The first-order valence-electron chi connectivity index (χ1n) is 4.87. The van der Waals surface area contributed by atoms with E-state index in [9.17, 15) is 14.0 Å². The van der Waals surface area contributed by atoms with Crippen molar-refractivity contribution in [1.82, 2.24) is 0 Å². The number of carbonyl (C=O) groups is 2. The lowest BCUT2D eigenvalue weighted by Crippen LogP contribution is -2.15. The smallest absolute Gasteiger partial charge is 0.331 e. The van der Waals surface area contributed by atoms with Gasteiger partial charge in [0.15, 0.2) is 0 Å². The Kier molecular flexibility index (Phi) is 3.98. The van der Waals surface area contributed by atoms with E-state index >= 15 is 0 Å². The van der Waals surface area contributed by atoms with Crippen molar-refractivity contribution >= 4 is 17.6 Å². The summed E-state index contributed by atoms with van der Waals surface area (Å²) in [6, 6.07) is 4.24. The van der Waals surface area contributed by atoms with Crippen LogP contribution < -0.4 is 5.32 Å². The van der Waals surface area contributed by atoms with Gasteiger partial charge in [-0.1, -0.05) is 12.6 Å². The highest BCUT2D eigenvalue weighted by molar-refractivity contribution is 5.99. The van der Waals surface area contributed by atoms with E-state index < -0.39 is 17.7 Å². The molecule has 0 saturated carbocycles. The van der Waals surface area contributed by atoms with Gasteiger partial charge in [-0.2, -0.15) is 0 Å². The second-order valence-corrected chi connectivity index (χ2v) is 3.60. The summed E-state index contributed by atoms with van der Waals surface area (Å²) in [4.78, 5) is 21.8. The van der Waals surface area contributed by atoms with Crippen molar-refractivity contribution in [2.24, 2.45) is 0 Å². The minimum Gasteiger partial charge on any atom is -0.478 e. The van der Waals surface area contributed by atoms with Gasteiger partial charge in [0.2, 0.25) is 5.91 Å². The van der Waals surface area contributed by atoms with E-state index in [1.807, 2.05) is 0 Å². The Morgan fingerprint density at radius 3 is 2.65 bits per heavy atom. The third-order valence-electron chi connectivity index (χ3n) is 2.13. The van der Waals surface area contributed by atoms with E-state index in [0.29, 0.717) is 5.56 Å². The number of hydrogen-bond donors (Lipinski definition) is 2. The zero-order valence-electron chi connectivity index (χ0n) is 9.29. The number of carbonyl (C=O) groups excluding carboxylic acids is 1. The number of anilines is 1. The summed E-state index contributed by atoms with van der Waals surface area (Å²) < 4.78 is 13.2. The molecule has 0 saturated heterocycles. The minimum absolute atomic E-state index is 0.213. The average Bonchev–Trinajstić information content (AvgIpc) is 2.23. The molecule has 17 heavy (non-hydrogen) atoms. The minimum atomic E-state index is -1.23. The zero-order valence-corrected chi connectivity index (χ0v) is 9.29. The second-order valence-electron chi connectivity index (χ2n) is 3.60. The Labute approximate surface area is 97.8 Å². The molecule has 0 atom stereocenters. The van der Waals surface area contributed by atoms with Crippen molar-refractivity contribution in [3.05, 3.63) is 41.7 Å². The number of benzene rings is 1. The predicted molar refractivity (Wildman–Crippen MR) is 61.2 cm³/mol. The van der Waals surface area contributed by atoms with Crippen molar-refractivity contribution < 1.29 is 19.1 Å². The Hall–Kier alpha value is -2.17. The summed E-state index contributed by atoms with van der Waals surface area (Å²) in [5.74, 6) is -2.20. The van der Waals surface area contributed by atoms with Crippen LogP contribution in [0.4, 0.5) is 10.1 Å². The fourth-order valence-electron chi connectivity index (χ4n) is 1.15. The molecule has 1 aromatic rings. The quantitative estimate of drug-likeness (QED) is 0.788. The Morgan fingerprint density at radius 2 is 2.12 bits per heavy atom. The lowest BCUT2D eigenvalue weighted by molar-refractivity contribution is -0.133. The Balaban J connectivity index is 2.65. The zero-order chi connectivity index (χ0) is 13.0. The van der Waals surface area contributed by atoms with Crippen LogP contribution in [0.1, 0.15) is 12.0 Å². The molecular formula is C12H12FNO3. The number of halogens is 1. The molecule has 0 aliphatic heterocycles. The molecule has 1 rings (SSSR count). The van der Waals surface area contributed by atoms with Gasteiger partial charge in [-0.25, -0.2) is 9.18 Å². The van der Waals surface area contributed by atoms with Crippen LogP contribution in [-0.4, -0.2) is 17.0 Å². The number of hydrogen-bond acceptors (Lipinski definition) is 2. The summed E-state index contributed by atoms with van der Waals surface area (Å²) in [5.41, 5.74) is 0.546. The summed E-state index contributed by atoms with van der Waals surface area (Å²) in [6.07, 6.45) is -0.329. The van der Waals surface area contributed by atoms with Gasteiger partial charge in [0, 0.05) is 11.3 Å².